The van der Waals surface area contributed by atoms with Crippen LogP contribution in [0.1, 0.15) is 217 Å². The minimum Gasteiger partial charge on any atom is -0.494 e. The number of nitrogens with zero attached hydrogens (tertiary/aromatic N) is 4. The zero-order chi connectivity index (χ0) is 74.5. The number of hydrogen-bond acceptors (Lipinski definition) is 12. The van der Waals surface area contributed by atoms with Gasteiger partial charge in [0, 0.05) is 73.5 Å². The molecule has 0 bridgehead atoms. The first-order chi connectivity index (χ1) is 53.1. The molecule has 4 aromatic heterocycles. The van der Waals surface area contributed by atoms with Gasteiger partial charge in [-0.1, -0.05) is 202 Å². The van der Waals surface area contributed by atoms with Crippen molar-refractivity contribution >= 4 is 99.0 Å². The fourth-order valence-electron chi connectivity index (χ4n) is 16.5. The van der Waals surface area contributed by atoms with Crippen LogP contribution in [0.5, 0.6) is 23.0 Å². The third-order valence-electron chi connectivity index (χ3n) is 21.5. The summed E-state index contributed by atoms with van der Waals surface area (Å²) in [6.07, 6.45) is 20.7. The van der Waals surface area contributed by atoms with E-state index in [1.807, 2.05) is 48.6 Å². The largest absolute Gasteiger partial charge is 0.494 e. The number of carbonyl (C=O) groups is 2. The number of fused-ring (bicyclic) bond motifs is 12. The number of carbonyl (C=O) groups excluding carboxylic acids is 2. The highest BCUT2D eigenvalue weighted by molar-refractivity contribution is 7.31. The molecule has 4 aliphatic carbocycles. The highest BCUT2D eigenvalue weighted by Crippen LogP contribution is 2.69. The topological polar surface area (TPSA) is 127 Å². The predicted octanol–water partition coefficient (Wildman–Crippen LogP) is 25.7. The normalized spacial score (nSPS) is 15.6. The Morgan fingerprint density at radius 2 is 0.722 bits per heavy atom. The maximum Gasteiger partial charge on any atom is 0.270 e. The van der Waals surface area contributed by atoms with Gasteiger partial charge in [0.2, 0.25) is 0 Å². The number of thiophene rings is 4. The standard InChI is InChI=1S/C94H82N4O6S4/c1-7-11-15-23-43-101-63-35-27-31-59(47-63)93(60-32-28-36-64(48-60)102-44-24-16-12-8-2)77-55-74-78(56-73(77)89-85(93)91-81(107-89)53-67(105-91)51-75-83(79(57-95)97-5)69-39-19-21-41-71(69)87(75)99)94(61-33-29-37-65(49-61)103-45-25-17-13-9-3,62-34-30-38-66(50-62)104-46-26-18-14-10-4)86-90(74)108-82-54-68(106-92(82)86)52-76-84(80(58-96)98-6)70-40-20-22-42-72(70)88(76)100/h19-22,27-42,47-56H,7-18,23-26,43-46H2,1-4H3/b75-51-,76-52-,83-79+,84-80?. The Hall–Kier alpha value is -10.7. The number of Topliss-reactive ketones (excluding diaryl/α,β-unsaturated/α-hetero) is 2. The van der Waals surface area contributed by atoms with Crippen LogP contribution in [0.2, 0.25) is 0 Å². The molecule has 7 aromatic carbocycles. The Kier molecular flexibility index (Phi) is 21.6. The lowest BCUT2D eigenvalue weighted by Crippen LogP contribution is -2.30. The van der Waals surface area contributed by atoms with E-state index in [-0.39, 0.29) is 23.0 Å². The van der Waals surface area contributed by atoms with E-state index in [0.717, 1.165) is 220 Å². The minimum atomic E-state index is -1.04. The van der Waals surface area contributed by atoms with Crippen LogP contribution in [0.4, 0.5) is 0 Å². The zero-order valence-electron chi connectivity index (χ0n) is 61.3. The fourth-order valence-corrected chi connectivity index (χ4v) is 22.0. The molecule has 0 N–H and O–H groups in total. The number of ketones is 2. The van der Waals surface area contributed by atoms with E-state index < -0.39 is 10.8 Å². The molecule has 4 aliphatic rings. The summed E-state index contributed by atoms with van der Waals surface area (Å²) in [7, 11) is 0. The average Bonchev–Trinajstić information content (AvgIpc) is 1.49. The highest BCUT2D eigenvalue weighted by atomic mass is 32.1. The van der Waals surface area contributed by atoms with Crippen molar-refractivity contribution < 1.29 is 28.5 Å². The fraction of sp³-hybridized carbons (Fsp3) is 0.277. The molecular weight excluding hydrogens is 1410 g/mol. The smallest absolute Gasteiger partial charge is 0.270 e. The third-order valence-corrected chi connectivity index (χ3v) is 26.3. The van der Waals surface area contributed by atoms with Crippen LogP contribution in [0.25, 0.3) is 72.7 Å². The van der Waals surface area contributed by atoms with Gasteiger partial charge < -0.3 is 18.9 Å². The van der Waals surface area contributed by atoms with Gasteiger partial charge in [-0.2, -0.15) is 0 Å². The van der Waals surface area contributed by atoms with Crippen molar-refractivity contribution in [2.24, 2.45) is 0 Å². The first kappa shape index (κ1) is 72.9. The molecule has 11 aromatic rings. The Morgan fingerprint density at radius 3 is 1.03 bits per heavy atom. The molecule has 538 valence electrons. The molecule has 15 rings (SSSR count). The minimum absolute atomic E-state index is 0.127. The van der Waals surface area contributed by atoms with Crippen LogP contribution in [0, 0.1) is 35.8 Å². The molecule has 0 atom stereocenters. The summed E-state index contributed by atoms with van der Waals surface area (Å²) < 4.78 is 31.5. The lowest BCUT2D eigenvalue weighted by Gasteiger charge is -2.36. The molecule has 10 nitrogen and oxygen atoms in total. The number of allylic oxidation sites excluding steroid dienone is 6. The molecule has 0 spiro atoms. The van der Waals surface area contributed by atoms with Gasteiger partial charge in [0.25, 0.3) is 11.4 Å². The van der Waals surface area contributed by atoms with Crippen LogP contribution in [0.15, 0.2) is 192 Å². The molecule has 0 amide bonds. The molecule has 0 saturated heterocycles. The summed E-state index contributed by atoms with van der Waals surface area (Å²) in [5.74, 6) is 2.63. The summed E-state index contributed by atoms with van der Waals surface area (Å²) in [6, 6.07) is 63.0. The molecule has 0 unspecified atom stereocenters. The molecule has 0 aliphatic heterocycles. The molecule has 0 saturated carbocycles. The zero-order valence-corrected chi connectivity index (χ0v) is 64.6. The van der Waals surface area contributed by atoms with E-state index in [2.05, 4.69) is 171 Å². The molecule has 14 heteroatoms. The number of unbranched alkanes of at least 4 members (excludes halogenated alkanes) is 12. The quantitative estimate of drug-likeness (QED) is 0.0188. The number of hydrogen-bond donors (Lipinski definition) is 0. The van der Waals surface area contributed by atoms with Crippen molar-refractivity contribution in [3.8, 4) is 56.0 Å². The molecule has 0 radical (unpaired) electrons. The Bertz CT molecular complexity index is 5190. The van der Waals surface area contributed by atoms with Crippen molar-refractivity contribution in [3.05, 3.63) is 292 Å². The summed E-state index contributed by atoms with van der Waals surface area (Å²) in [4.78, 5) is 40.7. The number of nitriles is 2. The molecule has 0 fully saturated rings. The number of benzene rings is 7. The van der Waals surface area contributed by atoms with Gasteiger partial charge in [-0.15, -0.1) is 45.3 Å². The van der Waals surface area contributed by atoms with E-state index in [9.17, 15) is 20.1 Å². The van der Waals surface area contributed by atoms with Gasteiger partial charge in [0.05, 0.1) is 71.9 Å². The summed E-state index contributed by atoms with van der Waals surface area (Å²) in [6.45, 7) is 27.5. The summed E-state index contributed by atoms with van der Waals surface area (Å²) in [5.41, 5.74) is 11.7. The first-order valence-electron chi connectivity index (χ1n) is 38.1. The highest BCUT2D eigenvalue weighted by Gasteiger charge is 2.55. The molecule has 108 heavy (non-hydrogen) atoms. The predicted molar refractivity (Wildman–Crippen MR) is 442 cm³/mol. The van der Waals surface area contributed by atoms with Crippen LogP contribution in [0.3, 0.4) is 0 Å². The lowest BCUT2D eigenvalue weighted by atomic mass is 9.66. The van der Waals surface area contributed by atoms with E-state index >= 15 is 0 Å². The van der Waals surface area contributed by atoms with E-state index in [0.29, 0.717) is 71.0 Å². The monoisotopic (exact) mass is 1490 g/mol. The van der Waals surface area contributed by atoms with Crippen molar-refractivity contribution in [3.63, 3.8) is 0 Å². The molecule has 4 heterocycles. The van der Waals surface area contributed by atoms with Crippen LogP contribution >= 0.6 is 45.3 Å². The van der Waals surface area contributed by atoms with Gasteiger partial charge in [-0.05, 0) is 166 Å². The van der Waals surface area contributed by atoms with Gasteiger partial charge >= 0.3 is 0 Å². The lowest BCUT2D eigenvalue weighted by molar-refractivity contribution is 0.103. The Balaban J connectivity index is 1.03. The Morgan fingerprint density at radius 1 is 0.398 bits per heavy atom. The SMILES string of the molecule is [C-]#[N+]C(C#N)=C1/C(=C/c2cc3sc4c(c3s2)C(c2cccc(OCCCCCC)c2)(c2cccc(OCCCCCC)c2)c2cc3c(cc2-4)C(c2cccc(OCCCCCC)c2)(c2cccc(OCCCCCC)c2)c2c-3sc3cc(/C=C4\C(=O)c5ccccc5\C4=C(\C#N)[N+]#[C-])sc23)C(=O)c2ccccc21. The van der Waals surface area contributed by atoms with Crippen LogP contribution in [-0.4, -0.2) is 38.0 Å². The van der Waals surface area contributed by atoms with Gasteiger partial charge in [0.1, 0.15) is 23.0 Å². The summed E-state index contributed by atoms with van der Waals surface area (Å²) >= 11 is 6.74. The van der Waals surface area contributed by atoms with Gasteiger partial charge in [-0.3, -0.25) is 9.59 Å². The van der Waals surface area contributed by atoms with E-state index in [1.165, 1.54) is 0 Å². The van der Waals surface area contributed by atoms with Crippen molar-refractivity contribution in [1.29, 1.82) is 10.5 Å². The first-order valence-corrected chi connectivity index (χ1v) is 41.4. The van der Waals surface area contributed by atoms with Crippen molar-refractivity contribution in [1.82, 2.24) is 0 Å². The second-order valence-corrected chi connectivity index (χ2v) is 32.5. The van der Waals surface area contributed by atoms with Gasteiger partial charge in [-0.25, -0.2) is 20.2 Å². The van der Waals surface area contributed by atoms with Crippen molar-refractivity contribution in [2.75, 3.05) is 26.4 Å². The third kappa shape index (κ3) is 13.0. The van der Waals surface area contributed by atoms with E-state index in [4.69, 9.17) is 32.1 Å². The van der Waals surface area contributed by atoms with Crippen LogP contribution < -0.4 is 18.9 Å². The number of rotatable bonds is 30. The maximum absolute atomic E-state index is 14.7. The second-order valence-electron chi connectivity index (χ2n) is 28.2. The summed E-state index contributed by atoms with van der Waals surface area (Å²) in [5, 5.41) is 21.0. The number of ether oxygens (including phenoxy) is 4. The van der Waals surface area contributed by atoms with Crippen LogP contribution in [-0.2, 0) is 10.8 Å². The second kappa shape index (κ2) is 32.0. The maximum atomic E-state index is 14.7. The molecular formula is C94H82N4O6S4. The average molecular weight is 1490 g/mol. The van der Waals surface area contributed by atoms with E-state index in [1.54, 1.807) is 57.5 Å². The van der Waals surface area contributed by atoms with Gasteiger partial charge in [0.15, 0.2) is 11.6 Å². The Labute approximate surface area is 648 Å². The van der Waals surface area contributed by atoms with Crippen molar-refractivity contribution in [2.45, 2.75) is 141 Å².